The molecule has 1 aliphatic rings. The average molecular weight is 577 g/mol. The summed E-state index contributed by atoms with van der Waals surface area (Å²) in [7, 11) is 0. The summed E-state index contributed by atoms with van der Waals surface area (Å²) in [5.74, 6) is 0. The van der Waals surface area contributed by atoms with Gasteiger partial charge in [0.05, 0.1) is 0 Å². The molecule has 1 aliphatic carbocycles. The number of hydrogen-bond donors (Lipinski definition) is 0. The molecule has 8 aromatic carbocycles. The molecule has 1 heteroatoms. The van der Waals surface area contributed by atoms with Crippen molar-refractivity contribution in [1.29, 1.82) is 0 Å². The van der Waals surface area contributed by atoms with E-state index in [1.54, 1.807) is 0 Å². The van der Waals surface area contributed by atoms with Gasteiger partial charge < -0.3 is 0 Å². The van der Waals surface area contributed by atoms with Crippen molar-refractivity contribution in [3.8, 4) is 22.3 Å². The first-order chi connectivity index (χ1) is 21.6. The van der Waals surface area contributed by atoms with E-state index in [-0.39, 0.29) is 5.41 Å². The van der Waals surface area contributed by atoms with Crippen LogP contribution in [0.5, 0.6) is 0 Å². The molecule has 9 aromatic rings. The Bertz CT molecular complexity index is 2630. The van der Waals surface area contributed by atoms with Gasteiger partial charge in [-0.25, -0.2) is 0 Å². The molecule has 0 unspecified atom stereocenters. The fraction of sp³-hybridized carbons (Fsp3) is 0.0698. The zero-order valence-electron chi connectivity index (χ0n) is 24.6. The fourth-order valence-corrected chi connectivity index (χ4v) is 9.34. The molecule has 44 heavy (non-hydrogen) atoms. The second-order valence-electron chi connectivity index (χ2n) is 12.8. The number of fused-ring (bicyclic) bond motifs is 5. The van der Waals surface area contributed by atoms with Crippen LogP contribution in [0.25, 0.3) is 85.5 Å². The van der Waals surface area contributed by atoms with E-state index in [1.807, 2.05) is 11.3 Å². The van der Waals surface area contributed by atoms with E-state index in [0.717, 1.165) is 0 Å². The minimum Gasteiger partial charge on any atom is -0.135 e. The predicted molar refractivity (Wildman–Crippen MR) is 192 cm³/mol. The molecule has 0 fully saturated rings. The molecule has 1 heterocycles. The highest BCUT2D eigenvalue weighted by molar-refractivity contribution is 7.25. The van der Waals surface area contributed by atoms with Crippen molar-refractivity contribution in [2.24, 2.45) is 0 Å². The molecule has 0 radical (unpaired) electrons. The van der Waals surface area contributed by atoms with Crippen LogP contribution in [0.4, 0.5) is 0 Å². The van der Waals surface area contributed by atoms with Crippen molar-refractivity contribution in [2.75, 3.05) is 0 Å². The molecule has 0 saturated carbocycles. The number of thiophene rings is 1. The van der Waals surface area contributed by atoms with Gasteiger partial charge in [-0.05, 0) is 101 Å². The van der Waals surface area contributed by atoms with Crippen LogP contribution in [0.15, 0.2) is 133 Å². The summed E-state index contributed by atoms with van der Waals surface area (Å²) < 4.78 is 2.68. The normalized spacial score (nSPS) is 13.9. The first-order valence-electron chi connectivity index (χ1n) is 15.4. The third-order valence-electron chi connectivity index (χ3n) is 10.2. The summed E-state index contributed by atoms with van der Waals surface area (Å²) in [6.07, 6.45) is 0. The smallest absolute Gasteiger partial charge is 0.0355 e. The van der Waals surface area contributed by atoms with Gasteiger partial charge in [0.15, 0.2) is 0 Å². The maximum atomic E-state index is 2.46. The van der Waals surface area contributed by atoms with Gasteiger partial charge in [-0.1, -0.05) is 123 Å². The lowest BCUT2D eigenvalue weighted by molar-refractivity contribution is 0.663. The number of rotatable bonds is 2. The van der Waals surface area contributed by atoms with Crippen LogP contribution in [0.2, 0.25) is 0 Å². The first kappa shape index (κ1) is 24.5. The van der Waals surface area contributed by atoms with Crippen LogP contribution in [0.1, 0.15) is 25.0 Å². The third kappa shape index (κ3) is 3.07. The minimum atomic E-state index is -0.0154. The van der Waals surface area contributed by atoms with Gasteiger partial charge in [0, 0.05) is 25.6 Å². The summed E-state index contributed by atoms with van der Waals surface area (Å²) in [6, 6.07) is 50.3. The van der Waals surface area contributed by atoms with Crippen molar-refractivity contribution in [3.63, 3.8) is 0 Å². The molecule has 0 spiro atoms. The highest BCUT2D eigenvalue weighted by Crippen LogP contribution is 2.53. The van der Waals surface area contributed by atoms with Gasteiger partial charge in [0.2, 0.25) is 0 Å². The van der Waals surface area contributed by atoms with Gasteiger partial charge in [-0.3, -0.25) is 0 Å². The van der Waals surface area contributed by atoms with E-state index in [4.69, 9.17) is 0 Å². The Kier molecular flexibility index (Phi) is 4.76. The molecule has 10 rings (SSSR count). The molecule has 0 aliphatic heterocycles. The van der Waals surface area contributed by atoms with Crippen LogP contribution in [-0.2, 0) is 5.41 Å². The van der Waals surface area contributed by atoms with Gasteiger partial charge in [-0.15, -0.1) is 11.3 Å². The second kappa shape index (κ2) is 8.56. The van der Waals surface area contributed by atoms with E-state index in [2.05, 4.69) is 147 Å². The molecule has 206 valence electrons. The zero-order valence-corrected chi connectivity index (χ0v) is 25.4. The second-order valence-corrected chi connectivity index (χ2v) is 13.9. The third-order valence-corrected chi connectivity index (χ3v) is 11.4. The van der Waals surface area contributed by atoms with E-state index in [0.29, 0.717) is 0 Å². The maximum absolute atomic E-state index is 2.46. The standard InChI is InChI=1S/C43H28S/c1-43(2)35-18-9-11-25-24-34(32-17-10-19-36(43)42(32)40(25)35)41-30-15-5-3-13-28(30)39(29-14-4-6-16-31(29)41)26-21-22-38-33(23-26)27-12-7-8-20-37(27)44-38/h3-24H,1-2H3. The van der Waals surface area contributed by atoms with Crippen molar-refractivity contribution in [1.82, 2.24) is 0 Å². The molecule has 0 bridgehead atoms. The summed E-state index contributed by atoms with van der Waals surface area (Å²) in [6.45, 7) is 4.76. The fourth-order valence-electron chi connectivity index (χ4n) is 8.25. The predicted octanol–water partition coefficient (Wildman–Crippen LogP) is 12.6. The molecular formula is C43H28S. The molecule has 0 nitrogen and oxygen atoms in total. The van der Waals surface area contributed by atoms with Crippen molar-refractivity contribution < 1.29 is 0 Å². The van der Waals surface area contributed by atoms with E-state index in [1.165, 1.54) is 96.6 Å². The van der Waals surface area contributed by atoms with Gasteiger partial charge >= 0.3 is 0 Å². The van der Waals surface area contributed by atoms with Crippen LogP contribution in [0.3, 0.4) is 0 Å². The van der Waals surface area contributed by atoms with Crippen molar-refractivity contribution >= 4 is 74.6 Å². The molecular weight excluding hydrogens is 549 g/mol. The summed E-state index contributed by atoms with van der Waals surface area (Å²) in [5, 5.41) is 13.4. The average Bonchev–Trinajstić information content (AvgIpc) is 3.55. The Labute approximate surface area is 259 Å². The van der Waals surface area contributed by atoms with Crippen molar-refractivity contribution in [2.45, 2.75) is 19.3 Å². The highest BCUT2D eigenvalue weighted by atomic mass is 32.1. The molecule has 0 N–H and O–H groups in total. The van der Waals surface area contributed by atoms with Crippen LogP contribution in [-0.4, -0.2) is 0 Å². The Morgan fingerprint density at radius 1 is 0.432 bits per heavy atom. The first-order valence-corrected chi connectivity index (χ1v) is 16.3. The maximum Gasteiger partial charge on any atom is 0.0355 e. The Balaban J connectivity index is 1.36. The SMILES string of the molecule is CC1(C)c2cccc3cc(-c4c5ccccc5c(-c5ccc6sc7ccccc7c6c5)c5ccccc45)c4cccc1c4c23. The zero-order chi connectivity index (χ0) is 29.2. The molecule has 0 saturated heterocycles. The van der Waals surface area contributed by atoms with Crippen molar-refractivity contribution in [3.05, 3.63) is 145 Å². The molecule has 0 amide bonds. The van der Waals surface area contributed by atoms with E-state index >= 15 is 0 Å². The van der Waals surface area contributed by atoms with Crippen LogP contribution in [0, 0.1) is 0 Å². The topological polar surface area (TPSA) is 0 Å². The highest BCUT2D eigenvalue weighted by Gasteiger charge is 2.34. The molecule has 1 aromatic heterocycles. The Hall–Kier alpha value is -4.98. The summed E-state index contributed by atoms with van der Waals surface area (Å²) in [5.41, 5.74) is 8.10. The lowest BCUT2D eigenvalue weighted by atomic mass is 9.81. The minimum absolute atomic E-state index is 0.0154. The van der Waals surface area contributed by atoms with E-state index in [9.17, 15) is 0 Å². The number of benzene rings is 8. The van der Waals surface area contributed by atoms with Crippen LogP contribution >= 0.6 is 11.3 Å². The Morgan fingerprint density at radius 2 is 1.00 bits per heavy atom. The van der Waals surface area contributed by atoms with Gasteiger partial charge in [-0.2, -0.15) is 0 Å². The quantitative estimate of drug-likeness (QED) is 0.142. The summed E-state index contributed by atoms with van der Waals surface area (Å²) in [4.78, 5) is 0. The van der Waals surface area contributed by atoms with E-state index < -0.39 is 0 Å². The number of hydrogen-bond acceptors (Lipinski definition) is 1. The Morgan fingerprint density at radius 3 is 1.73 bits per heavy atom. The van der Waals surface area contributed by atoms with Crippen LogP contribution < -0.4 is 0 Å². The monoisotopic (exact) mass is 576 g/mol. The largest absolute Gasteiger partial charge is 0.135 e. The lowest BCUT2D eigenvalue weighted by Gasteiger charge is -2.21. The van der Waals surface area contributed by atoms with Gasteiger partial charge in [0.1, 0.15) is 0 Å². The van der Waals surface area contributed by atoms with Gasteiger partial charge in [0.25, 0.3) is 0 Å². The molecule has 0 atom stereocenters. The lowest BCUT2D eigenvalue weighted by Crippen LogP contribution is -2.14. The summed E-state index contributed by atoms with van der Waals surface area (Å²) >= 11 is 1.88.